The van der Waals surface area contributed by atoms with Crippen LogP contribution in [-0.4, -0.2) is 41.0 Å². The standard InChI is InChI=1S/C13H23N3O2S/c1-9(2)14-12(17)8-19-13-15-10(3)11(4)16(13)6-7-18-5/h9H,6-8H2,1-5H3,(H,14,17). The first kappa shape index (κ1) is 16.0. The van der Waals surface area contributed by atoms with Crippen molar-refractivity contribution in [1.29, 1.82) is 0 Å². The molecule has 0 aliphatic carbocycles. The molecule has 0 aliphatic rings. The smallest absolute Gasteiger partial charge is 0.230 e. The Hall–Kier alpha value is -1.01. The summed E-state index contributed by atoms with van der Waals surface area (Å²) >= 11 is 1.47. The fourth-order valence-corrected chi connectivity index (χ4v) is 2.60. The topological polar surface area (TPSA) is 56.1 Å². The summed E-state index contributed by atoms with van der Waals surface area (Å²) in [7, 11) is 1.68. The molecule has 108 valence electrons. The number of imidazole rings is 1. The van der Waals surface area contributed by atoms with E-state index < -0.39 is 0 Å². The van der Waals surface area contributed by atoms with Gasteiger partial charge in [0.2, 0.25) is 5.91 Å². The van der Waals surface area contributed by atoms with E-state index in [1.165, 1.54) is 11.8 Å². The van der Waals surface area contributed by atoms with Gasteiger partial charge in [0.05, 0.1) is 18.1 Å². The number of ether oxygens (including phenoxy) is 1. The molecule has 0 bridgehead atoms. The Morgan fingerprint density at radius 1 is 1.47 bits per heavy atom. The first-order valence-corrected chi connectivity index (χ1v) is 7.39. The van der Waals surface area contributed by atoms with Crippen LogP contribution in [0.2, 0.25) is 0 Å². The van der Waals surface area contributed by atoms with Gasteiger partial charge >= 0.3 is 0 Å². The van der Waals surface area contributed by atoms with Crippen molar-refractivity contribution in [2.45, 2.75) is 45.4 Å². The molecule has 0 radical (unpaired) electrons. The summed E-state index contributed by atoms with van der Waals surface area (Å²) in [4.78, 5) is 16.2. The van der Waals surface area contributed by atoms with Crippen LogP contribution in [0.4, 0.5) is 0 Å². The highest BCUT2D eigenvalue weighted by atomic mass is 32.2. The number of amides is 1. The van der Waals surface area contributed by atoms with Crippen LogP contribution in [0.15, 0.2) is 5.16 Å². The zero-order valence-electron chi connectivity index (χ0n) is 12.3. The van der Waals surface area contributed by atoms with E-state index in [4.69, 9.17) is 4.74 Å². The monoisotopic (exact) mass is 285 g/mol. The van der Waals surface area contributed by atoms with E-state index in [1.54, 1.807) is 7.11 Å². The van der Waals surface area contributed by atoms with Gasteiger partial charge in [-0.15, -0.1) is 0 Å². The van der Waals surface area contributed by atoms with Crippen LogP contribution in [0, 0.1) is 13.8 Å². The Labute approximate surface area is 119 Å². The van der Waals surface area contributed by atoms with Gasteiger partial charge in [-0.05, 0) is 27.7 Å². The summed E-state index contributed by atoms with van der Waals surface area (Å²) < 4.78 is 7.21. The minimum absolute atomic E-state index is 0.0385. The second-order valence-electron chi connectivity index (χ2n) is 4.72. The summed E-state index contributed by atoms with van der Waals surface area (Å²) in [5.41, 5.74) is 2.13. The van der Waals surface area contributed by atoms with E-state index in [2.05, 4.69) is 14.9 Å². The molecule has 0 saturated heterocycles. The first-order valence-electron chi connectivity index (χ1n) is 6.40. The van der Waals surface area contributed by atoms with Gasteiger partial charge in [0.1, 0.15) is 0 Å². The molecule has 0 aliphatic heterocycles. The molecule has 1 aromatic rings. The van der Waals surface area contributed by atoms with E-state index >= 15 is 0 Å². The van der Waals surface area contributed by atoms with Crippen molar-refractivity contribution in [2.75, 3.05) is 19.5 Å². The number of thioether (sulfide) groups is 1. The van der Waals surface area contributed by atoms with Crippen LogP contribution in [-0.2, 0) is 16.1 Å². The Balaban J connectivity index is 2.66. The van der Waals surface area contributed by atoms with Gasteiger partial charge in [-0.1, -0.05) is 11.8 Å². The Bertz CT molecular complexity index is 430. The average Bonchev–Trinajstić information content (AvgIpc) is 2.59. The van der Waals surface area contributed by atoms with Gasteiger partial charge in [-0.25, -0.2) is 4.98 Å². The number of rotatable bonds is 7. The maximum atomic E-state index is 11.7. The third-order valence-electron chi connectivity index (χ3n) is 2.72. The molecular weight excluding hydrogens is 262 g/mol. The predicted molar refractivity (Wildman–Crippen MR) is 77.6 cm³/mol. The number of aromatic nitrogens is 2. The highest BCUT2D eigenvalue weighted by Crippen LogP contribution is 2.20. The van der Waals surface area contributed by atoms with Crippen molar-refractivity contribution in [3.8, 4) is 0 Å². The summed E-state index contributed by atoms with van der Waals surface area (Å²) in [5.74, 6) is 0.428. The largest absolute Gasteiger partial charge is 0.383 e. The van der Waals surface area contributed by atoms with Gasteiger partial charge in [0.25, 0.3) is 0 Å². The molecule has 5 nitrogen and oxygen atoms in total. The van der Waals surface area contributed by atoms with Crippen LogP contribution >= 0.6 is 11.8 Å². The number of hydrogen-bond acceptors (Lipinski definition) is 4. The minimum Gasteiger partial charge on any atom is -0.383 e. The zero-order valence-corrected chi connectivity index (χ0v) is 13.1. The van der Waals surface area contributed by atoms with Crippen LogP contribution < -0.4 is 5.32 Å². The van der Waals surface area contributed by atoms with E-state index in [1.807, 2.05) is 27.7 Å². The normalized spacial score (nSPS) is 11.1. The maximum absolute atomic E-state index is 11.7. The van der Waals surface area contributed by atoms with Crippen molar-refractivity contribution in [3.05, 3.63) is 11.4 Å². The minimum atomic E-state index is 0.0385. The van der Waals surface area contributed by atoms with Gasteiger partial charge < -0.3 is 14.6 Å². The number of methoxy groups -OCH3 is 1. The van der Waals surface area contributed by atoms with Gasteiger partial charge in [-0.2, -0.15) is 0 Å². The van der Waals surface area contributed by atoms with Crippen molar-refractivity contribution >= 4 is 17.7 Å². The SMILES string of the molecule is COCCn1c(SCC(=O)NC(C)C)nc(C)c1C. The summed E-state index contributed by atoms with van der Waals surface area (Å²) in [6.45, 7) is 9.33. The van der Waals surface area contributed by atoms with Gasteiger partial charge in [0.15, 0.2) is 5.16 Å². The Morgan fingerprint density at radius 3 is 2.74 bits per heavy atom. The van der Waals surface area contributed by atoms with Crippen LogP contribution in [0.3, 0.4) is 0 Å². The van der Waals surface area contributed by atoms with Crippen molar-refractivity contribution in [3.63, 3.8) is 0 Å². The molecule has 0 fully saturated rings. The fourth-order valence-electron chi connectivity index (χ4n) is 1.67. The van der Waals surface area contributed by atoms with Crippen molar-refractivity contribution in [1.82, 2.24) is 14.9 Å². The lowest BCUT2D eigenvalue weighted by Crippen LogP contribution is -2.31. The predicted octanol–water partition coefficient (Wildman–Crippen LogP) is 1.76. The number of carbonyl (C=O) groups is 1. The van der Waals surface area contributed by atoms with Crippen LogP contribution in [0.5, 0.6) is 0 Å². The molecule has 1 aromatic heterocycles. The lowest BCUT2D eigenvalue weighted by atomic mass is 10.4. The molecule has 1 N–H and O–H groups in total. The molecule has 6 heteroatoms. The van der Waals surface area contributed by atoms with E-state index in [-0.39, 0.29) is 11.9 Å². The number of nitrogens with zero attached hydrogens (tertiary/aromatic N) is 2. The molecular formula is C13H23N3O2S. The quantitative estimate of drug-likeness (QED) is 0.776. The highest BCUT2D eigenvalue weighted by Gasteiger charge is 2.13. The molecule has 0 spiro atoms. The number of hydrogen-bond donors (Lipinski definition) is 1. The number of aryl methyl sites for hydroxylation is 1. The lowest BCUT2D eigenvalue weighted by Gasteiger charge is -2.10. The van der Waals surface area contributed by atoms with Gasteiger partial charge in [-0.3, -0.25) is 4.79 Å². The second-order valence-corrected chi connectivity index (χ2v) is 5.66. The molecule has 19 heavy (non-hydrogen) atoms. The maximum Gasteiger partial charge on any atom is 0.230 e. The molecule has 1 amide bonds. The third-order valence-corrected chi connectivity index (χ3v) is 3.70. The van der Waals surface area contributed by atoms with E-state index in [9.17, 15) is 4.79 Å². The van der Waals surface area contributed by atoms with Gasteiger partial charge in [0, 0.05) is 25.4 Å². The van der Waals surface area contributed by atoms with Crippen LogP contribution in [0.25, 0.3) is 0 Å². The van der Waals surface area contributed by atoms with E-state index in [0.717, 1.165) is 23.1 Å². The zero-order chi connectivity index (χ0) is 14.4. The third kappa shape index (κ3) is 4.87. The van der Waals surface area contributed by atoms with Crippen molar-refractivity contribution < 1.29 is 9.53 Å². The lowest BCUT2D eigenvalue weighted by molar-refractivity contribution is -0.119. The highest BCUT2D eigenvalue weighted by molar-refractivity contribution is 7.99. The number of nitrogens with one attached hydrogen (secondary N) is 1. The Morgan fingerprint density at radius 2 is 2.16 bits per heavy atom. The fraction of sp³-hybridized carbons (Fsp3) is 0.692. The molecule has 1 heterocycles. The van der Waals surface area contributed by atoms with E-state index in [0.29, 0.717) is 12.4 Å². The second kappa shape index (κ2) is 7.55. The average molecular weight is 285 g/mol. The summed E-state index contributed by atoms with van der Waals surface area (Å²) in [5, 5.41) is 3.76. The molecule has 1 rings (SSSR count). The Kier molecular flexibility index (Phi) is 6.37. The molecule has 0 atom stereocenters. The van der Waals surface area contributed by atoms with Crippen molar-refractivity contribution in [2.24, 2.45) is 0 Å². The number of carbonyl (C=O) groups excluding carboxylic acids is 1. The van der Waals surface area contributed by atoms with Crippen LogP contribution in [0.1, 0.15) is 25.2 Å². The first-order chi connectivity index (χ1) is 8.95. The summed E-state index contributed by atoms with van der Waals surface area (Å²) in [6.07, 6.45) is 0. The molecule has 0 aromatic carbocycles. The molecule has 0 unspecified atom stereocenters. The molecule has 0 saturated carbocycles. The summed E-state index contributed by atoms with van der Waals surface area (Å²) in [6, 6.07) is 0.171.